The van der Waals surface area contributed by atoms with E-state index in [1.54, 1.807) is 25.1 Å². The third-order valence-electron chi connectivity index (χ3n) is 6.45. The Morgan fingerprint density at radius 3 is 2.64 bits per heavy atom. The monoisotopic (exact) mass is 600 g/mol. The number of nitrogens with zero attached hydrogens (tertiary/aromatic N) is 2. The van der Waals surface area contributed by atoms with Gasteiger partial charge in [0.1, 0.15) is 12.1 Å². The molecule has 1 fully saturated rings. The summed E-state index contributed by atoms with van der Waals surface area (Å²) >= 11 is 1.06. The molecule has 3 N–H and O–H groups in total. The highest BCUT2D eigenvalue weighted by Gasteiger charge is 2.40. The number of nitro groups is 1. The van der Waals surface area contributed by atoms with Crippen LogP contribution in [0.25, 0.3) is 0 Å². The zero-order chi connectivity index (χ0) is 31.0. The number of ketones is 1. The minimum Gasteiger partial charge on any atom is -0.493 e. The first-order valence-corrected chi connectivity index (χ1v) is 14.1. The second-order valence-electron chi connectivity index (χ2n) is 9.62. The van der Waals surface area contributed by atoms with E-state index in [1.807, 2.05) is 0 Å². The Bertz CT molecular complexity index is 1380. The Morgan fingerprint density at radius 1 is 1.26 bits per heavy atom. The molecule has 224 valence electrons. The first-order chi connectivity index (χ1) is 20.0. The van der Waals surface area contributed by atoms with E-state index < -0.39 is 40.0 Å². The number of rotatable bonds is 15. The number of Topliss-reactive ketones (excluding diaryl/α,β-unsaturated/α-hetero) is 1. The maximum atomic E-state index is 12.9. The first kappa shape index (κ1) is 32.2. The molecule has 0 aliphatic carbocycles. The van der Waals surface area contributed by atoms with Crippen LogP contribution in [0.2, 0.25) is 0 Å². The van der Waals surface area contributed by atoms with Crippen molar-refractivity contribution >= 4 is 52.9 Å². The number of hydrogen-bond donors (Lipinski definition) is 2. The van der Waals surface area contributed by atoms with Crippen molar-refractivity contribution in [3.8, 4) is 11.5 Å². The lowest BCUT2D eigenvalue weighted by molar-refractivity contribution is -0.385. The van der Waals surface area contributed by atoms with Gasteiger partial charge in [-0.25, -0.2) is 4.90 Å². The van der Waals surface area contributed by atoms with Crippen molar-refractivity contribution in [2.45, 2.75) is 50.4 Å². The normalized spacial score (nSPS) is 16.1. The van der Waals surface area contributed by atoms with Crippen molar-refractivity contribution in [3.05, 3.63) is 57.6 Å². The van der Waals surface area contributed by atoms with E-state index in [0.717, 1.165) is 16.7 Å². The molecule has 13 nitrogen and oxygen atoms in total. The van der Waals surface area contributed by atoms with Gasteiger partial charge in [0, 0.05) is 24.2 Å². The summed E-state index contributed by atoms with van der Waals surface area (Å²) in [6, 6.07) is 6.80. The maximum absolute atomic E-state index is 12.9. The van der Waals surface area contributed by atoms with E-state index in [2.05, 4.69) is 5.32 Å². The van der Waals surface area contributed by atoms with Gasteiger partial charge in [-0.15, -0.1) is 11.8 Å². The van der Waals surface area contributed by atoms with Crippen molar-refractivity contribution in [1.29, 1.82) is 0 Å². The molecule has 14 heteroatoms. The Hall–Kier alpha value is -4.30. The van der Waals surface area contributed by atoms with Gasteiger partial charge in [-0.3, -0.25) is 29.3 Å². The molecule has 1 heterocycles. The molecule has 0 spiro atoms. The molecule has 2 aromatic rings. The molecular formula is C28H32N4O9S. The molecule has 0 saturated carbocycles. The van der Waals surface area contributed by atoms with Crippen LogP contribution in [-0.4, -0.2) is 65.5 Å². The SMILES string of the molecule is COc1cc(C(C)NC(=O)C(N)CSC2CC(=O)N(c3cccc(C=O)c3)C2=O)c([N+](=O)[O-])cc1OCCCC(C)=O. The molecule has 0 bridgehead atoms. The number of nitrogens with two attached hydrogens (primary N) is 1. The lowest BCUT2D eigenvalue weighted by Gasteiger charge is -2.20. The Balaban J connectivity index is 1.64. The average Bonchev–Trinajstić information content (AvgIpc) is 3.25. The highest BCUT2D eigenvalue weighted by Crippen LogP contribution is 2.38. The van der Waals surface area contributed by atoms with E-state index in [1.165, 1.54) is 32.2 Å². The van der Waals surface area contributed by atoms with E-state index >= 15 is 0 Å². The number of amides is 3. The number of imide groups is 1. The number of nitro benzene ring substituents is 1. The highest BCUT2D eigenvalue weighted by molar-refractivity contribution is 8.00. The molecule has 2 aromatic carbocycles. The molecule has 1 saturated heterocycles. The number of benzene rings is 2. The van der Waals surface area contributed by atoms with Gasteiger partial charge >= 0.3 is 0 Å². The number of anilines is 1. The highest BCUT2D eigenvalue weighted by atomic mass is 32.2. The summed E-state index contributed by atoms with van der Waals surface area (Å²) in [5.41, 5.74) is 6.53. The topological polar surface area (TPSA) is 188 Å². The Labute approximate surface area is 246 Å². The number of aldehydes is 1. The number of carbonyl (C=O) groups excluding carboxylic acids is 5. The second-order valence-corrected chi connectivity index (χ2v) is 10.9. The van der Waals surface area contributed by atoms with Gasteiger partial charge in [0.2, 0.25) is 17.7 Å². The number of nitrogens with one attached hydrogen (secondary N) is 1. The predicted molar refractivity (Wildman–Crippen MR) is 155 cm³/mol. The van der Waals surface area contributed by atoms with Crippen LogP contribution in [0.15, 0.2) is 36.4 Å². The minimum atomic E-state index is -1.09. The number of thioether (sulfide) groups is 1. The number of ether oxygens (including phenoxy) is 2. The average molecular weight is 601 g/mol. The van der Waals surface area contributed by atoms with Crippen molar-refractivity contribution in [2.75, 3.05) is 24.4 Å². The van der Waals surface area contributed by atoms with Crippen molar-refractivity contribution in [2.24, 2.45) is 5.73 Å². The zero-order valence-electron chi connectivity index (χ0n) is 23.4. The van der Waals surface area contributed by atoms with Crippen LogP contribution in [-0.2, 0) is 19.2 Å². The van der Waals surface area contributed by atoms with Gasteiger partial charge in [0.25, 0.3) is 5.69 Å². The molecule has 1 aliphatic heterocycles. The molecular weight excluding hydrogens is 568 g/mol. The molecule has 3 unspecified atom stereocenters. The first-order valence-electron chi connectivity index (χ1n) is 13.0. The van der Waals surface area contributed by atoms with Crippen LogP contribution in [0.4, 0.5) is 11.4 Å². The molecule has 0 radical (unpaired) electrons. The molecule has 3 atom stereocenters. The van der Waals surface area contributed by atoms with Crippen molar-refractivity contribution in [1.82, 2.24) is 5.32 Å². The van der Waals surface area contributed by atoms with E-state index in [-0.39, 0.29) is 53.0 Å². The number of methoxy groups -OCH3 is 1. The summed E-state index contributed by atoms with van der Waals surface area (Å²) in [4.78, 5) is 72.8. The summed E-state index contributed by atoms with van der Waals surface area (Å²) in [5, 5.41) is 13.7. The third kappa shape index (κ3) is 7.91. The fourth-order valence-electron chi connectivity index (χ4n) is 4.28. The fourth-order valence-corrected chi connectivity index (χ4v) is 5.38. The summed E-state index contributed by atoms with van der Waals surface area (Å²) in [7, 11) is 1.37. The van der Waals surface area contributed by atoms with Crippen LogP contribution < -0.4 is 25.4 Å². The lowest BCUT2D eigenvalue weighted by atomic mass is 10.0. The number of carbonyl (C=O) groups is 5. The fraction of sp³-hybridized carbons (Fsp3) is 0.393. The van der Waals surface area contributed by atoms with Crippen LogP contribution in [0.5, 0.6) is 11.5 Å². The second kappa shape index (κ2) is 14.5. The smallest absolute Gasteiger partial charge is 0.278 e. The minimum absolute atomic E-state index is 0.000242. The van der Waals surface area contributed by atoms with Gasteiger partial charge < -0.3 is 25.3 Å². The van der Waals surface area contributed by atoms with Gasteiger partial charge in [0.15, 0.2) is 11.5 Å². The van der Waals surface area contributed by atoms with Crippen LogP contribution in [0, 0.1) is 10.1 Å². The quantitative estimate of drug-likeness (QED) is 0.101. The summed E-state index contributed by atoms with van der Waals surface area (Å²) in [6.07, 6.45) is 1.27. The summed E-state index contributed by atoms with van der Waals surface area (Å²) in [6.45, 7) is 3.17. The largest absolute Gasteiger partial charge is 0.493 e. The van der Waals surface area contributed by atoms with Crippen molar-refractivity contribution in [3.63, 3.8) is 0 Å². The molecule has 42 heavy (non-hydrogen) atoms. The van der Waals surface area contributed by atoms with Gasteiger partial charge in [-0.1, -0.05) is 12.1 Å². The standard InChI is InChI=1S/C28H32N4O9S/c1-16(34)6-5-9-41-24-12-22(32(38)39)20(11-23(24)40-3)17(2)30-27(36)21(29)15-42-25-13-26(35)31(28(25)37)19-8-4-7-18(10-19)14-33/h4,7-8,10-12,14,17,21,25H,5-6,9,13,15,29H2,1-3H3,(H,30,36). The van der Waals surface area contributed by atoms with Gasteiger partial charge in [0.05, 0.1) is 53.3 Å². The zero-order valence-corrected chi connectivity index (χ0v) is 24.2. The lowest BCUT2D eigenvalue weighted by Crippen LogP contribution is -2.43. The maximum Gasteiger partial charge on any atom is 0.278 e. The van der Waals surface area contributed by atoms with E-state index in [4.69, 9.17) is 15.2 Å². The van der Waals surface area contributed by atoms with Crippen LogP contribution in [0.1, 0.15) is 55.1 Å². The molecule has 0 aromatic heterocycles. The van der Waals surface area contributed by atoms with E-state index in [9.17, 15) is 34.1 Å². The van der Waals surface area contributed by atoms with E-state index in [0.29, 0.717) is 24.7 Å². The van der Waals surface area contributed by atoms with Crippen LogP contribution in [0.3, 0.4) is 0 Å². The summed E-state index contributed by atoms with van der Waals surface area (Å²) < 4.78 is 10.9. The Morgan fingerprint density at radius 2 is 2.00 bits per heavy atom. The summed E-state index contributed by atoms with van der Waals surface area (Å²) in [5.74, 6) is -1.17. The Kier molecular flexibility index (Phi) is 11.2. The predicted octanol–water partition coefficient (Wildman–Crippen LogP) is 2.73. The molecule has 1 aliphatic rings. The van der Waals surface area contributed by atoms with Crippen LogP contribution >= 0.6 is 11.8 Å². The van der Waals surface area contributed by atoms with Gasteiger partial charge in [-0.05, 0) is 38.5 Å². The third-order valence-corrected chi connectivity index (χ3v) is 7.77. The molecule has 3 rings (SSSR count). The molecule has 3 amide bonds. The number of hydrogen-bond acceptors (Lipinski definition) is 11. The van der Waals surface area contributed by atoms with Gasteiger partial charge in [-0.2, -0.15) is 0 Å². The van der Waals surface area contributed by atoms with Crippen molar-refractivity contribution < 1.29 is 38.4 Å².